The number of methoxy groups -OCH3 is 1. The highest BCUT2D eigenvalue weighted by Crippen LogP contribution is 2.38. The van der Waals surface area contributed by atoms with Crippen LogP contribution < -0.4 is 5.32 Å². The highest BCUT2D eigenvalue weighted by Gasteiger charge is 2.40. The number of nitrogens with zero attached hydrogens (tertiary/aromatic N) is 1. The molecule has 0 aromatic heterocycles. The maximum atomic E-state index is 12.7. The van der Waals surface area contributed by atoms with E-state index in [1.165, 1.54) is 12.8 Å². The van der Waals surface area contributed by atoms with Crippen LogP contribution in [0.4, 0.5) is 0 Å². The molecule has 2 aliphatic carbocycles. The molecule has 0 aromatic carbocycles. The van der Waals surface area contributed by atoms with E-state index >= 15 is 0 Å². The summed E-state index contributed by atoms with van der Waals surface area (Å²) in [6, 6.07) is -0.252. The van der Waals surface area contributed by atoms with Gasteiger partial charge in [0.25, 0.3) is 0 Å². The van der Waals surface area contributed by atoms with Crippen LogP contribution in [0.1, 0.15) is 57.8 Å². The van der Waals surface area contributed by atoms with Crippen molar-refractivity contribution >= 4 is 11.8 Å². The van der Waals surface area contributed by atoms with Crippen LogP contribution in [0.5, 0.6) is 0 Å². The zero-order valence-electron chi connectivity index (χ0n) is 14.3. The van der Waals surface area contributed by atoms with Crippen LogP contribution in [-0.2, 0) is 14.3 Å². The molecular formula is C18H30N2O3. The van der Waals surface area contributed by atoms with Crippen molar-refractivity contribution in [2.75, 3.05) is 26.8 Å². The average Bonchev–Trinajstić information content (AvgIpc) is 3.33. The van der Waals surface area contributed by atoms with Crippen molar-refractivity contribution in [2.45, 2.75) is 63.8 Å². The summed E-state index contributed by atoms with van der Waals surface area (Å²) in [4.78, 5) is 27.0. The average molecular weight is 322 g/mol. The first-order valence-corrected chi connectivity index (χ1v) is 9.22. The fourth-order valence-electron chi connectivity index (χ4n) is 4.23. The minimum absolute atomic E-state index is 0.0427. The number of likely N-dealkylation sites (tertiary alicyclic amines) is 1. The van der Waals surface area contributed by atoms with Gasteiger partial charge in [-0.25, -0.2) is 0 Å². The molecule has 3 aliphatic rings. The summed E-state index contributed by atoms with van der Waals surface area (Å²) in [7, 11) is 1.74. The lowest BCUT2D eigenvalue weighted by molar-refractivity contribution is -0.143. The van der Waals surface area contributed by atoms with E-state index in [0.29, 0.717) is 13.2 Å². The molecule has 3 fully saturated rings. The van der Waals surface area contributed by atoms with Gasteiger partial charge in [0.2, 0.25) is 11.8 Å². The van der Waals surface area contributed by atoms with Crippen LogP contribution in [0.25, 0.3) is 0 Å². The Labute approximate surface area is 139 Å². The summed E-state index contributed by atoms with van der Waals surface area (Å²) < 4.78 is 5.39. The van der Waals surface area contributed by atoms with E-state index in [1.54, 1.807) is 7.11 Å². The predicted molar refractivity (Wildman–Crippen MR) is 87.9 cm³/mol. The first kappa shape index (κ1) is 16.7. The van der Waals surface area contributed by atoms with Gasteiger partial charge in [0, 0.05) is 31.5 Å². The Morgan fingerprint density at radius 3 is 2.52 bits per heavy atom. The maximum absolute atomic E-state index is 12.7. The van der Waals surface area contributed by atoms with Gasteiger partial charge >= 0.3 is 0 Å². The summed E-state index contributed by atoms with van der Waals surface area (Å²) in [5, 5.41) is 3.15. The summed E-state index contributed by atoms with van der Waals surface area (Å²) in [6.07, 6.45) is 9.55. The van der Waals surface area contributed by atoms with E-state index in [-0.39, 0.29) is 29.2 Å². The van der Waals surface area contributed by atoms with Crippen molar-refractivity contribution in [3.05, 3.63) is 0 Å². The van der Waals surface area contributed by atoms with Gasteiger partial charge in [-0.15, -0.1) is 0 Å². The second kappa shape index (κ2) is 7.20. The molecule has 1 atom stereocenters. The Balaban J connectivity index is 1.58. The summed E-state index contributed by atoms with van der Waals surface area (Å²) >= 11 is 0. The van der Waals surface area contributed by atoms with Gasteiger partial charge in [0.15, 0.2) is 0 Å². The van der Waals surface area contributed by atoms with E-state index in [1.807, 2.05) is 4.90 Å². The number of ether oxygens (including phenoxy) is 1. The zero-order valence-corrected chi connectivity index (χ0v) is 14.3. The van der Waals surface area contributed by atoms with E-state index in [4.69, 9.17) is 4.74 Å². The molecule has 5 heteroatoms. The van der Waals surface area contributed by atoms with Crippen molar-refractivity contribution in [1.29, 1.82) is 0 Å². The topological polar surface area (TPSA) is 58.6 Å². The van der Waals surface area contributed by atoms with E-state index in [9.17, 15) is 9.59 Å². The molecule has 1 heterocycles. The minimum atomic E-state index is -0.252. The number of nitrogens with one attached hydrogen (secondary N) is 1. The van der Waals surface area contributed by atoms with Crippen molar-refractivity contribution in [3.63, 3.8) is 0 Å². The standard InChI is InChI=1S/C18H30N2O3/c1-23-13-18(9-3-4-10-18)12-19-16(21)15-6-2-5-11-20(15)17(22)14-7-8-14/h14-15H,2-13H2,1H3,(H,19,21)/t15-/m1/s1. The number of hydrogen-bond donors (Lipinski definition) is 1. The normalized spacial score (nSPS) is 27.0. The highest BCUT2D eigenvalue weighted by molar-refractivity contribution is 5.89. The van der Waals surface area contributed by atoms with Crippen LogP contribution in [0.15, 0.2) is 0 Å². The number of piperidine rings is 1. The van der Waals surface area contributed by atoms with Gasteiger partial charge in [0.05, 0.1) is 6.61 Å². The van der Waals surface area contributed by atoms with E-state index in [0.717, 1.165) is 51.5 Å². The van der Waals surface area contributed by atoms with Crippen LogP contribution in [0, 0.1) is 11.3 Å². The second-order valence-corrected chi connectivity index (χ2v) is 7.68. The summed E-state index contributed by atoms with van der Waals surface area (Å²) in [6.45, 7) is 2.14. The molecule has 0 spiro atoms. The van der Waals surface area contributed by atoms with Gasteiger partial charge in [-0.05, 0) is 44.9 Å². The molecule has 2 amide bonds. The van der Waals surface area contributed by atoms with Crippen LogP contribution in [-0.4, -0.2) is 49.6 Å². The molecular weight excluding hydrogens is 292 g/mol. The van der Waals surface area contributed by atoms with Crippen molar-refractivity contribution in [2.24, 2.45) is 11.3 Å². The van der Waals surface area contributed by atoms with Crippen LogP contribution in [0.3, 0.4) is 0 Å². The Kier molecular flexibility index (Phi) is 5.24. The smallest absolute Gasteiger partial charge is 0.242 e. The SMILES string of the molecule is COCC1(CNC(=O)[C@H]2CCCCN2C(=O)C2CC2)CCCC1. The van der Waals surface area contributed by atoms with Gasteiger partial charge < -0.3 is 15.0 Å². The molecule has 3 rings (SSSR count). The minimum Gasteiger partial charge on any atom is -0.384 e. The van der Waals surface area contributed by atoms with Gasteiger partial charge in [0.1, 0.15) is 6.04 Å². The molecule has 1 saturated heterocycles. The molecule has 2 saturated carbocycles. The Hall–Kier alpha value is -1.10. The molecule has 1 aliphatic heterocycles. The lowest BCUT2D eigenvalue weighted by Gasteiger charge is -2.36. The molecule has 23 heavy (non-hydrogen) atoms. The number of rotatable bonds is 6. The third-order valence-electron chi connectivity index (χ3n) is 5.77. The second-order valence-electron chi connectivity index (χ2n) is 7.68. The maximum Gasteiger partial charge on any atom is 0.242 e. The summed E-state index contributed by atoms with van der Waals surface area (Å²) in [5.41, 5.74) is 0.102. The Morgan fingerprint density at radius 2 is 1.87 bits per heavy atom. The zero-order chi connectivity index (χ0) is 16.3. The van der Waals surface area contributed by atoms with E-state index in [2.05, 4.69) is 5.32 Å². The Morgan fingerprint density at radius 1 is 1.13 bits per heavy atom. The summed E-state index contributed by atoms with van der Waals surface area (Å²) in [5.74, 6) is 0.441. The van der Waals surface area contributed by atoms with Crippen LogP contribution >= 0.6 is 0 Å². The lowest BCUT2D eigenvalue weighted by Crippen LogP contribution is -2.54. The van der Waals surface area contributed by atoms with E-state index < -0.39 is 0 Å². The number of carbonyl (C=O) groups is 2. The molecule has 5 nitrogen and oxygen atoms in total. The quantitative estimate of drug-likeness (QED) is 0.815. The van der Waals surface area contributed by atoms with Crippen molar-refractivity contribution < 1.29 is 14.3 Å². The fourth-order valence-corrected chi connectivity index (χ4v) is 4.23. The third kappa shape index (κ3) is 3.87. The first-order chi connectivity index (χ1) is 11.2. The Bertz CT molecular complexity index is 442. The van der Waals surface area contributed by atoms with Crippen LogP contribution in [0.2, 0.25) is 0 Å². The number of hydrogen-bond acceptors (Lipinski definition) is 3. The van der Waals surface area contributed by atoms with Gasteiger partial charge in [-0.3, -0.25) is 9.59 Å². The van der Waals surface area contributed by atoms with Gasteiger partial charge in [-0.1, -0.05) is 12.8 Å². The number of carbonyl (C=O) groups excluding carboxylic acids is 2. The van der Waals surface area contributed by atoms with Crippen molar-refractivity contribution in [3.8, 4) is 0 Å². The number of amides is 2. The lowest BCUT2D eigenvalue weighted by atomic mass is 9.87. The largest absolute Gasteiger partial charge is 0.384 e. The molecule has 1 N–H and O–H groups in total. The molecule has 0 bridgehead atoms. The molecule has 0 aromatic rings. The molecule has 0 radical (unpaired) electrons. The van der Waals surface area contributed by atoms with Gasteiger partial charge in [-0.2, -0.15) is 0 Å². The monoisotopic (exact) mass is 322 g/mol. The predicted octanol–water partition coefficient (Wildman–Crippen LogP) is 2.10. The fraction of sp³-hybridized carbons (Fsp3) is 0.889. The first-order valence-electron chi connectivity index (χ1n) is 9.22. The third-order valence-corrected chi connectivity index (χ3v) is 5.77. The molecule has 0 unspecified atom stereocenters. The van der Waals surface area contributed by atoms with Crippen molar-refractivity contribution in [1.82, 2.24) is 10.2 Å². The molecule has 130 valence electrons. The highest BCUT2D eigenvalue weighted by atomic mass is 16.5.